The largest absolute Gasteiger partial charge is 0.491 e. The number of piperidine rings is 1. The Morgan fingerprint density at radius 2 is 2.07 bits per heavy atom. The molecule has 1 aliphatic rings. The van der Waals surface area contributed by atoms with Crippen molar-refractivity contribution in [3.05, 3.63) is 48.4 Å². The van der Waals surface area contributed by atoms with Crippen LogP contribution in [0.5, 0.6) is 5.75 Å². The fourth-order valence-corrected chi connectivity index (χ4v) is 3.41. The van der Waals surface area contributed by atoms with Crippen molar-refractivity contribution in [2.45, 2.75) is 31.9 Å². The predicted octanol–water partition coefficient (Wildman–Crippen LogP) is 2.01. The first-order valence-electron chi connectivity index (χ1n) is 9.92. The van der Waals surface area contributed by atoms with Crippen LogP contribution in [0.15, 0.2) is 42.9 Å². The van der Waals surface area contributed by atoms with Gasteiger partial charge in [-0.2, -0.15) is 0 Å². The number of rotatable bonds is 10. The zero-order valence-corrected chi connectivity index (χ0v) is 16.5. The van der Waals surface area contributed by atoms with Crippen LogP contribution in [0.4, 0.5) is 5.82 Å². The molecule has 152 valence electrons. The zero-order chi connectivity index (χ0) is 19.7. The summed E-state index contributed by atoms with van der Waals surface area (Å²) in [6.45, 7) is 6.53. The molecule has 28 heavy (non-hydrogen) atoms. The summed E-state index contributed by atoms with van der Waals surface area (Å²) >= 11 is 0. The van der Waals surface area contributed by atoms with Gasteiger partial charge >= 0.3 is 0 Å². The Labute approximate surface area is 166 Å². The number of ether oxygens (including phenoxy) is 2. The van der Waals surface area contributed by atoms with Crippen molar-refractivity contribution in [3.8, 4) is 5.75 Å². The van der Waals surface area contributed by atoms with Gasteiger partial charge in [-0.1, -0.05) is 12.1 Å². The second kappa shape index (κ2) is 10.4. The molecule has 0 saturated carbocycles. The minimum atomic E-state index is -0.766. The summed E-state index contributed by atoms with van der Waals surface area (Å²) < 4.78 is 10.9. The topological polar surface area (TPSA) is 79.7 Å². The molecule has 0 spiro atoms. The van der Waals surface area contributed by atoms with E-state index >= 15 is 0 Å². The van der Waals surface area contributed by atoms with Gasteiger partial charge in [-0.3, -0.25) is 4.98 Å². The maximum absolute atomic E-state index is 11.0. The molecular weight excluding hydrogens is 356 g/mol. The van der Waals surface area contributed by atoms with Crippen molar-refractivity contribution in [2.75, 3.05) is 44.4 Å². The highest BCUT2D eigenvalue weighted by Crippen LogP contribution is 2.24. The van der Waals surface area contributed by atoms with Gasteiger partial charge in [0, 0.05) is 45.2 Å². The van der Waals surface area contributed by atoms with E-state index in [0.29, 0.717) is 39.5 Å². The lowest BCUT2D eigenvalue weighted by molar-refractivity contribution is 0.0258. The lowest BCUT2D eigenvalue weighted by Crippen LogP contribution is -2.53. The van der Waals surface area contributed by atoms with E-state index in [4.69, 9.17) is 9.47 Å². The molecule has 1 aromatic carbocycles. The van der Waals surface area contributed by atoms with Crippen LogP contribution in [0.3, 0.4) is 0 Å². The number of hydrogen-bond donors (Lipinski definition) is 2. The van der Waals surface area contributed by atoms with Crippen molar-refractivity contribution in [1.29, 1.82) is 0 Å². The minimum absolute atomic E-state index is 0.538. The Bertz CT molecular complexity index is 699. The van der Waals surface area contributed by atoms with Crippen LogP contribution in [-0.2, 0) is 11.3 Å². The van der Waals surface area contributed by atoms with Crippen LogP contribution in [0.2, 0.25) is 0 Å². The molecule has 0 bridgehead atoms. The van der Waals surface area contributed by atoms with Gasteiger partial charge in [-0.15, -0.1) is 0 Å². The fraction of sp³-hybridized carbons (Fsp3) is 0.524. The van der Waals surface area contributed by atoms with Crippen molar-refractivity contribution in [1.82, 2.24) is 15.3 Å². The molecule has 0 amide bonds. The predicted molar refractivity (Wildman–Crippen MR) is 109 cm³/mol. The van der Waals surface area contributed by atoms with Gasteiger partial charge in [0.25, 0.3) is 0 Å². The number of nitrogens with one attached hydrogen (secondary N) is 1. The van der Waals surface area contributed by atoms with Gasteiger partial charge in [0.1, 0.15) is 18.2 Å². The zero-order valence-electron chi connectivity index (χ0n) is 16.5. The van der Waals surface area contributed by atoms with Gasteiger partial charge < -0.3 is 24.8 Å². The van der Waals surface area contributed by atoms with E-state index in [1.165, 1.54) is 0 Å². The molecule has 2 N–H and O–H groups in total. The Kier molecular flexibility index (Phi) is 7.59. The number of β-amino-alcohol motifs (C(OH)–C–C–N with tert-alkyl or cyclic N) is 1. The molecule has 1 unspecified atom stereocenters. The Balaban J connectivity index is 1.43. The molecule has 1 atom stereocenters. The summed E-state index contributed by atoms with van der Waals surface area (Å²) in [6.07, 6.45) is 6.81. The van der Waals surface area contributed by atoms with Crippen LogP contribution in [0.25, 0.3) is 0 Å². The van der Waals surface area contributed by atoms with E-state index in [0.717, 1.165) is 36.5 Å². The molecular formula is C21H30N4O3. The summed E-state index contributed by atoms with van der Waals surface area (Å²) in [6, 6.07) is 8.02. The maximum atomic E-state index is 11.0. The van der Waals surface area contributed by atoms with Crippen molar-refractivity contribution < 1.29 is 14.6 Å². The quantitative estimate of drug-likeness (QED) is 0.605. The van der Waals surface area contributed by atoms with E-state index in [9.17, 15) is 5.11 Å². The first-order valence-corrected chi connectivity index (χ1v) is 9.92. The fourth-order valence-electron chi connectivity index (χ4n) is 3.41. The van der Waals surface area contributed by atoms with E-state index in [2.05, 4.69) is 20.2 Å². The smallest absolute Gasteiger partial charge is 0.147 e. The van der Waals surface area contributed by atoms with Crippen LogP contribution in [0, 0.1) is 0 Å². The minimum Gasteiger partial charge on any atom is -0.491 e. The standard InChI is InChI=1S/C21H30N4O3/c1-2-27-12-13-28-19-6-4-18(5-7-19)14-23-16-21(26)8-3-11-25(17-21)20-15-22-9-10-24-20/h4-7,9-10,15,23,26H,2-3,8,11-14,16-17H2,1H3. The molecule has 1 saturated heterocycles. The van der Waals surface area contributed by atoms with Crippen LogP contribution in [0.1, 0.15) is 25.3 Å². The molecule has 0 aliphatic carbocycles. The van der Waals surface area contributed by atoms with Gasteiger partial charge in [-0.05, 0) is 37.5 Å². The molecule has 7 nitrogen and oxygen atoms in total. The molecule has 0 radical (unpaired) electrons. The second-order valence-corrected chi connectivity index (χ2v) is 7.11. The third-order valence-corrected chi connectivity index (χ3v) is 4.84. The van der Waals surface area contributed by atoms with Gasteiger partial charge in [-0.25, -0.2) is 4.98 Å². The van der Waals surface area contributed by atoms with E-state index < -0.39 is 5.60 Å². The van der Waals surface area contributed by atoms with E-state index in [1.54, 1.807) is 18.6 Å². The number of benzene rings is 1. The highest BCUT2D eigenvalue weighted by Gasteiger charge is 2.33. The summed E-state index contributed by atoms with van der Waals surface area (Å²) in [5.74, 6) is 1.66. The SMILES string of the molecule is CCOCCOc1ccc(CNCC2(O)CCCN(c3cnccn3)C2)cc1. The molecule has 3 rings (SSSR count). The monoisotopic (exact) mass is 386 g/mol. The first kappa shape index (κ1) is 20.5. The Morgan fingerprint density at radius 1 is 1.21 bits per heavy atom. The Hall–Kier alpha value is -2.22. The highest BCUT2D eigenvalue weighted by atomic mass is 16.5. The summed E-state index contributed by atoms with van der Waals surface area (Å²) in [4.78, 5) is 10.6. The van der Waals surface area contributed by atoms with Crippen molar-refractivity contribution in [3.63, 3.8) is 0 Å². The maximum Gasteiger partial charge on any atom is 0.147 e. The number of aliphatic hydroxyl groups is 1. The lowest BCUT2D eigenvalue weighted by atomic mass is 9.92. The number of anilines is 1. The first-order chi connectivity index (χ1) is 13.7. The molecule has 7 heteroatoms. The average Bonchev–Trinajstić information content (AvgIpc) is 2.73. The van der Waals surface area contributed by atoms with Crippen LogP contribution >= 0.6 is 0 Å². The summed E-state index contributed by atoms with van der Waals surface area (Å²) in [7, 11) is 0. The summed E-state index contributed by atoms with van der Waals surface area (Å²) in [5, 5.41) is 14.4. The van der Waals surface area contributed by atoms with Gasteiger partial charge in [0.15, 0.2) is 0 Å². The number of hydrogen-bond acceptors (Lipinski definition) is 7. The van der Waals surface area contributed by atoms with E-state index in [1.807, 2.05) is 31.2 Å². The molecule has 2 aromatic rings. The lowest BCUT2D eigenvalue weighted by Gasteiger charge is -2.39. The third-order valence-electron chi connectivity index (χ3n) is 4.84. The van der Waals surface area contributed by atoms with Crippen molar-refractivity contribution in [2.24, 2.45) is 0 Å². The Morgan fingerprint density at radius 3 is 2.82 bits per heavy atom. The molecule has 1 fully saturated rings. The summed E-state index contributed by atoms with van der Waals surface area (Å²) in [5.41, 5.74) is 0.389. The second-order valence-electron chi connectivity index (χ2n) is 7.11. The van der Waals surface area contributed by atoms with Crippen molar-refractivity contribution >= 4 is 5.82 Å². The molecule has 2 heterocycles. The number of nitrogens with zero attached hydrogens (tertiary/aromatic N) is 3. The van der Waals surface area contributed by atoms with E-state index in [-0.39, 0.29) is 0 Å². The highest BCUT2D eigenvalue weighted by molar-refractivity contribution is 5.36. The average molecular weight is 386 g/mol. The third kappa shape index (κ3) is 6.15. The van der Waals surface area contributed by atoms with Gasteiger partial charge in [0.05, 0.1) is 18.4 Å². The van der Waals surface area contributed by atoms with Crippen LogP contribution < -0.4 is 15.0 Å². The van der Waals surface area contributed by atoms with Gasteiger partial charge in [0.2, 0.25) is 0 Å². The molecule has 1 aliphatic heterocycles. The van der Waals surface area contributed by atoms with Crippen LogP contribution in [-0.4, -0.2) is 60.1 Å². The molecule has 1 aromatic heterocycles. The number of aromatic nitrogens is 2. The normalized spacial score (nSPS) is 19.6.